The van der Waals surface area contributed by atoms with E-state index in [1.54, 1.807) is 24.5 Å². The normalized spacial score (nSPS) is 17.4. The average molecular weight is 277 g/mol. The highest BCUT2D eigenvalue weighted by Gasteiger charge is 2.31. The fourth-order valence-electron chi connectivity index (χ4n) is 2.93. The maximum atomic E-state index is 11.9. The van der Waals surface area contributed by atoms with Crippen molar-refractivity contribution in [2.45, 2.75) is 38.5 Å². The van der Waals surface area contributed by atoms with Crippen LogP contribution in [0.2, 0.25) is 0 Å². The molecule has 0 atom stereocenters. The van der Waals surface area contributed by atoms with Crippen molar-refractivity contribution in [1.82, 2.24) is 10.3 Å². The Morgan fingerprint density at radius 1 is 1.25 bits per heavy atom. The highest BCUT2D eigenvalue weighted by atomic mass is 16.3. The molecule has 2 rings (SSSR count). The molecule has 20 heavy (non-hydrogen) atoms. The molecule has 0 aliphatic heterocycles. The van der Waals surface area contributed by atoms with E-state index < -0.39 is 0 Å². The number of nitrogens with zero attached hydrogens (tertiary/aromatic N) is 1. The largest absolute Gasteiger partial charge is 0.396 e. The molecule has 1 heterocycles. The number of rotatable bonds is 5. The summed E-state index contributed by atoms with van der Waals surface area (Å²) in [6, 6.07) is 3.31. The monoisotopic (exact) mass is 277 g/mol. The lowest BCUT2D eigenvalue weighted by atomic mass is 9.72. The van der Waals surface area contributed by atoms with Gasteiger partial charge in [0.2, 0.25) is 0 Å². The van der Waals surface area contributed by atoms with E-state index in [-0.39, 0.29) is 18.1 Å². The molecule has 1 aromatic rings. The first kappa shape index (κ1) is 14.8. The molecule has 2 amide bonds. The van der Waals surface area contributed by atoms with Gasteiger partial charge in [-0.05, 0) is 36.8 Å². The molecule has 0 saturated heterocycles. The van der Waals surface area contributed by atoms with Gasteiger partial charge < -0.3 is 15.7 Å². The molecule has 1 aliphatic carbocycles. The van der Waals surface area contributed by atoms with Gasteiger partial charge in [0.25, 0.3) is 0 Å². The lowest BCUT2D eigenvalue weighted by molar-refractivity contribution is 0.128. The number of amides is 2. The van der Waals surface area contributed by atoms with E-state index in [1.807, 2.05) is 0 Å². The molecule has 0 unspecified atom stereocenters. The number of aromatic nitrogens is 1. The smallest absolute Gasteiger partial charge is 0.319 e. The van der Waals surface area contributed by atoms with E-state index in [2.05, 4.69) is 15.6 Å². The van der Waals surface area contributed by atoms with Crippen LogP contribution in [0.4, 0.5) is 10.5 Å². The Labute approximate surface area is 119 Å². The first-order valence-corrected chi connectivity index (χ1v) is 7.30. The molecule has 1 fully saturated rings. The summed E-state index contributed by atoms with van der Waals surface area (Å²) in [5.74, 6) is 0. The Morgan fingerprint density at radius 3 is 2.60 bits per heavy atom. The number of hydrogen-bond donors (Lipinski definition) is 3. The van der Waals surface area contributed by atoms with Crippen molar-refractivity contribution in [2.24, 2.45) is 5.41 Å². The SMILES string of the molecule is O=C(NCC1(CCO)CCCCC1)Nc1ccncc1. The number of hydrogen-bond acceptors (Lipinski definition) is 3. The van der Waals surface area contributed by atoms with Gasteiger partial charge in [-0.2, -0.15) is 0 Å². The Hall–Kier alpha value is -1.62. The molecule has 0 aromatic carbocycles. The molecule has 0 spiro atoms. The van der Waals surface area contributed by atoms with E-state index in [0.29, 0.717) is 6.54 Å². The number of nitrogens with one attached hydrogen (secondary N) is 2. The number of aliphatic hydroxyl groups is 1. The molecule has 0 radical (unpaired) electrons. The number of carbonyl (C=O) groups excluding carboxylic acids is 1. The van der Waals surface area contributed by atoms with Crippen LogP contribution in [0.1, 0.15) is 38.5 Å². The van der Waals surface area contributed by atoms with Crippen LogP contribution in [0.5, 0.6) is 0 Å². The highest BCUT2D eigenvalue weighted by Crippen LogP contribution is 2.38. The zero-order valence-corrected chi connectivity index (χ0v) is 11.8. The minimum Gasteiger partial charge on any atom is -0.396 e. The zero-order chi connectivity index (χ0) is 14.3. The third-order valence-corrected chi connectivity index (χ3v) is 4.12. The van der Waals surface area contributed by atoms with Crippen molar-refractivity contribution in [3.8, 4) is 0 Å². The molecular weight excluding hydrogens is 254 g/mol. The molecule has 110 valence electrons. The molecule has 1 saturated carbocycles. The summed E-state index contributed by atoms with van der Waals surface area (Å²) in [5.41, 5.74) is 0.806. The Bertz CT molecular complexity index is 411. The number of pyridine rings is 1. The summed E-state index contributed by atoms with van der Waals surface area (Å²) in [5, 5.41) is 15.0. The molecule has 3 N–H and O–H groups in total. The summed E-state index contributed by atoms with van der Waals surface area (Å²) >= 11 is 0. The highest BCUT2D eigenvalue weighted by molar-refractivity contribution is 5.89. The van der Waals surface area contributed by atoms with Crippen LogP contribution in [0.15, 0.2) is 24.5 Å². The average Bonchev–Trinajstić information content (AvgIpc) is 2.48. The van der Waals surface area contributed by atoms with E-state index in [9.17, 15) is 9.90 Å². The van der Waals surface area contributed by atoms with Crippen molar-refractivity contribution in [2.75, 3.05) is 18.5 Å². The lowest BCUT2D eigenvalue weighted by Gasteiger charge is -2.37. The van der Waals surface area contributed by atoms with Crippen LogP contribution in [-0.2, 0) is 0 Å². The molecule has 5 heteroatoms. The zero-order valence-electron chi connectivity index (χ0n) is 11.8. The van der Waals surface area contributed by atoms with Gasteiger partial charge in [0, 0.05) is 31.2 Å². The maximum absolute atomic E-state index is 11.9. The second-order valence-corrected chi connectivity index (χ2v) is 5.58. The van der Waals surface area contributed by atoms with Crippen LogP contribution >= 0.6 is 0 Å². The molecule has 5 nitrogen and oxygen atoms in total. The predicted molar refractivity (Wildman–Crippen MR) is 78.5 cm³/mol. The molecular formula is C15H23N3O2. The van der Waals surface area contributed by atoms with Gasteiger partial charge in [0.1, 0.15) is 0 Å². The third kappa shape index (κ3) is 4.20. The Balaban J connectivity index is 1.84. The Kier molecular flexibility index (Phi) is 5.35. The summed E-state index contributed by atoms with van der Waals surface area (Å²) < 4.78 is 0. The number of anilines is 1. The van der Waals surface area contributed by atoms with Gasteiger partial charge in [0.15, 0.2) is 0 Å². The Morgan fingerprint density at radius 2 is 1.95 bits per heavy atom. The first-order chi connectivity index (χ1) is 9.74. The van der Waals surface area contributed by atoms with Crippen LogP contribution in [0, 0.1) is 5.41 Å². The van der Waals surface area contributed by atoms with Gasteiger partial charge in [-0.25, -0.2) is 4.79 Å². The van der Waals surface area contributed by atoms with Gasteiger partial charge in [-0.15, -0.1) is 0 Å². The minimum absolute atomic E-state index is 0.0720. The summed E-state index contributed by atoms with van der Waals surface area (Å²) in [7, 11) is 0. The van der Waals surface area contributed by atoms with Crippen molar-refractivity contribution in [3.05, 3.63) is 24.5 Å². The predicted octanol–water partition coefficient (Wildman–Crippen LogP) is 2.54. The molecule has 1 aliphatic rings. The third-order valence-electron chi connectivity index (χ3n) is 4.12. The minimum atomic E-state index is -0.195. The number of urea groups is 1. The molecule has 1 aromatic heterocycles. The van der Waals surface area contributed by atoms with Crippen LogP contribution in [-0.4, -0.2) is 29.3 Å². The van der Waals surface area contributed by atoms with Crippen LogP contribution < -0.4 is 10.6 Å². The second-order valence-electron chi connectivity index (χ2n) is 5.58. The number of carbonyl (C=O) groups is 1. The summed E-state index contributed by atoms with van der Waals surface area (Å²) in [6.45, 7) is 0.818. The van der Waals surface area contributed by atoms with Gasteiger partial charge in [-0.3, -0.25) is 4.98 Å². The van der Waals surface area contributed by atoms with E-state index in [1.165, 1.54) is 19.3 Å². The van der Waals surface area contributed by atoms with E-state index in [4.69, 9.17) is 0 Å². The first-order valence-electron chi connectivity index (χ1n) is 7.30. The summed E-state index contributed by atoms with van der Waals surface area (Å²) in [6.07, 6.45) is 9.86. The number of aliphatic hydroxyl groups excluding tert-OH is 1. The van der Waals surface area contributed by atoms with E-state index in [0.717, 1.165) is 24.9 Å². The van der Waals surface area contributed by atoms with Crippen molar-refractivity contribution in [3.63, 3.8) is 0 Å². The summed E-state index contributed by atoms with van der Waals surface area (Å²) in [4.78, 5) is 15.8. The van der Waals surface area contributed by atoms with Crippen molar-refractivity contribution >= 4 is 11.7 Å². The maximum Gasteiger partial charge on any atom is 0.319 e. The van der Waals surface area contributed by atoms with Crippen LogP contribution in [0.25, 0.3) is 0 Å². The standard InChI is InChI=1S/C15H23N3O2/c19-11-8-15(6-2-1-3-7-15)12-17-14(20)18-13-4-9-16-10-5-13/h4-5,9-10,19H,1-3,6-8,11-12H2,(H2,16,17,18,20). The topological polar surface area (TPSA) is 74.2 Å². The van der Waals surface area contributed by atoms with Crippen LogP contribution in [0.3, 0.4) is 0 Å². The molecule has 0 bridgehead atoms. The lowest BCUT2D eigenvalue weighted by Crippen LogP contribution is -2.41. The van der Waals surface area contributed by atoms with Gasteiger partial charge in [0.05, 0.1) is 0 Å². The fraction of sp³-hybridized carbons (Fsp3) is 0.600. The fourth-order valence-corrected chi connectivity index (χ4v) is 2.93. The van der Waals surface area contributed by atoms with Gasteiger partial charge in [-0.1, -0.05) is 19.3 Å². The van der Waals surface area contributed by atoms with Gasteiger partial charge >= 0.3 is 6.03 Å². The van der Waals surface area contributed by atoms with Crippen molar-refractivity contribution < 1.29 is 9.90 Å². The second kappa shape index (κ2) is 7.24. The quantitative estimate of drug-likeness (QED) is 0.774. The van der Waals surface area contributed by atoms with E-state index >= 15 is 0 Å². The van der Waals surface area contributed by atoms with Crippen molar-refractivity contribution in [1.29, 1.82) is 0 Å².